The highest BCUT2D eigenvalue weighted by atomic mass is 16.5. The zero-order valence-electron chi connectivity index (χ0n) is 5.77. The molecule has 0 bridgehead atoms. The van der Waals surface area contributed by atoms with Crippen LogP contribution in [0.1, 0.15) is 0 Å². The summed E-state index contributed by atoms with van der Waals surface area (Å²) in [6, 6.07) is 0. The Bertz CT molecular complexity index is 267. The van der Waals surface area contributed by atoms with E-state index in [1.54, 1.807) is 18.2 Å². The Morgan fingerprint density at radius 1 is 1.45 bits per heavy atom. The van der Waals surface area contributed by atoms with Gasteiger partial charge in [0.15, 0.2) is 0 Å². The Morgan fingerprint density at radius 3 is 3.09 bits per heavy atom. The summed E-state index contributed by atoms with van der Waals surface area (Å²) in [6.45, 7) is 0. The van der Waals surface area contributed by atoms with E-state index in [-0.39, 0.29) is 11.6 Å². The molecule has 1 aliphatic heterocycles. The topological polar surface area (TPSA) is 49.7 Å². The maximum Gasteiger partial charge on any atom is 0.534 e. The summed E-state index contributed by atoms with van der Waals surface area (Å²) < 4.78 is 4.83. The third-order valence-electron chi connectivity index (χ3n) is 1.83. The summed E-state index contributed by atoms with van der Waals surface area (Å²) in [7, 11) is -0.836. The minimum Gasteiger partial charge on any atom is -0.541 e. The van der Waals surface area contributed by atoms with Crippen molar-refractivity contribution in [1.82, 2.24) is 0 Å². The lowest BCUT2D eigenvalue weighted by Gasteiger charge is -2.09. The van der Waals surface area contributed by atoms with Gasteiger partial charge in [-0.25, -0.2) is 0 Å². The molecule has 0 saturated carbocycles. The van der Waals surface area contributed by atoms with Gasteiger partial charge in [-0.3, -0.25) is 0 Å². The monoisotopic (exact) mass is 150 g/mol. The van der Waals surface area contributed by atoms with E-state index in [0.29, 0.717) is 0 Å². The molecule has 0 aromatic rings. The Morgan fingerprint density at radius 2 is 2.27 bits per heavy atom. The lowest BCUT2D eigenvalue weighted by molar-refractivity contribution is 0.380. The zero-order chi connectivity index (χ0) is 7.84. The van der Waals surface area contributed by atoms with Gasteiger partial charge in [0.05, 0.1) is 12.1 Å². The van der Waals surface area contributed by atoms with Crippen molar-refractivity contribution in [3.63, 3.8) is 0 Å². The van der Waals surface area contributed by atoms with Gasteiger partial charge >= 0.3 is 7.12 Å². The van der Waals surface area contributed by atoms with Gasteiger partial charge in [0.2, 0.25) is 0 Å². The molecule has 11 heavy (non-hydrogen) atoms. The lowest BCUT2D eigenvalue weighted by atomic mass is 9.69. The van der Waals surface area contributed by atoms with Crippen LogP contribution in [-0.4, -0.2) is 17.2 Å². The third-order valence-corrected chi connectivity index (χ3v) is 1.83. The molecule has 0 aromatic heterocycles. The smallest absolute Gasteiger partial charge is 0.534 e. The molecule has 1 unspecified atom stereocenters. The summed E-state index contributed by atoms with van der Waals surface area (Å²) in [5, 5.41) is 18.2. The molecule has 2 N–H and O–H groups in total. The standard InChI is InChI=1S/C7H7BO3/c9-6-2-1-5-4-11-8(10)7(5)3-6/h1-4,7,9-10H. The maximum atomic E-state index is 9.18. The van der Waals surface area contributed by atoms with Gasteiger partial charge in [-0.15, -0.1) is 0 Å². The summed E-state index contributed by atoms with van der Waals surface area (Å²) in [5.74, 6) is -0.0169. The highest BCUT2D eigenvalue weighted by Gasteiger charge is 2.35. The first-order valence-electron chi connectivity index (χ1n) is 3.40. The molecule has 2 rings (SSSR count). The summed E-state index contributed by atoms with van der Waals surface area (Å²) in [6.07, 6.45) is 6.39. The third kappa shape index (κ3) is 0.954. The van der Waals surface area contributed by atoms with Crippen molar-refractivity contribution in [3.8, 4) is 0 Å². The van der Waals surface area contributed by atoms with Crippen molar-refractivity contribution in [1.29, 1.82) is 0 Å². The van der Waals surface area contributed by atoms with Gasteiger partial charge in [-0.1, -0.05) is 6.08 Å². The summed E-state index contributed by atoms with van der Waals surface area (Å²) >= 11 is 0. The number of rotatable bonds is 0. The average Bonchev–Trinajstić information content (AvgIpc) is 2.33. The largest absolute Gasteiger partial charge is 0.541 e. The molecule has 3 nitrogen and oxygen atoms in total. The van der Waals surface area contributed by atoms with E-state index >= 15 is 0 Å². The molecular weight excluding hydrogens is 143 g/mol. The van der Waals surface area contributed by atoms with Gasteiger partial charge in [0, 0.05) is 0 Å². The van der Waals surface area contributed by atoms with Crippen LogP contribution >= 0.6 is 0 Å². The van der Waals surface area contributed by atoms with Crippen molar-refractivity contribution in [3.05, 3.63) is 35.8 Å². The second kappa shape index (κ2) is 2.17. The molecule has 0 fully saturated rings. The first kappa shape index (κ1) is 6.55. The molecule has 1 aliphatic carbocycles. The first-order chi connectivity index (χ1) is 5.27. The van der Waals surface area contributed by atoms with E-state index in [1.165, 1.54) is 6.26 Å². The van der Waals surface area contributed by atoms with E-state index in [4.69, 9.17) is 9.76 Å². The number of fused-ring (bicyclic) bond motifs is 1. The minimum absolute atomic E-state index is 0.178. The number of aliphatic hydroxyl groups is 1. The van der Waals surface area contributed by atoms with E-state index in [1.807, 2.05) is 0 Å². The molecule has 0 aromatic carbocycles. The van der Waals surface area contributed by atoms with E-state index in [2.05, 4.69) is 0 Å². The molecule has 4 heteroatoms. The van der Waals surface area contributed by atoms with Gasteiger partial charge in [0.25, 0.3) is 0 Å². The molecule has 0 amide bonds. The van der Waals surface area contributed by atoms with Crippen LogP contribution in [0.3, 0.4) is 0 Å². The van der Waals surface area contributed by atoms with E-state index in [0.717, 1.165) is 5.57 Å². The van der Waals surface area contributed by atoms with Gasteiger partial charge < -0.3 is 14.8 Å². The Labute approximate surface area is 64.4 Å². The zero-order valence-corrected chi connectivity index (χ0v) is 5.77. The predicted octanol–water partition coefficient (Wildman–Crippen LogP) is 0.763. The fourth-order valence-electron chi connectivity index (χ4n) is 1.23. The van der Waals surface area contributed by atoms with Gasteiger partial charge in [-0.05, 0) is 17.7 Å². The fourth-order valence-corrected chi connectivity index (χ4v) is 1.23. The van der Waals surface area contributed by atoms with Crippen LogP contribution < -0.4 is 0 Å². The van der Waals surface area contributed by atoms with Crippen molar-refractivity contribution in [2.45, 2.75) is 5.82 Å². The fraction of sp³-hybridized carbons (Fsp3) is 0.143. The van der Waals surface area contributed by atoms with Crippen LogP contribution in [-0.2, 0) is 4.65 Å². The number of hydrogen-bond acceptors (Lipinski definition) is 3. The summed E-state index contributed by atoms with van der Waals surface area (Å²) in [5.41, 5.74) is 0.898. The SMILES string of the molecule is OB1OC=C2C=CC(O)=CC12. The van der Waals surface area contributed by atoms with Crippen molar-refractivity contribution in [2.75, 3.05) is 0 Å². The molecule has 1 atom stereocenters. The van der Waals surface area contributed by atoms with Crippen molar-refractivity contribution < 1.29 is 14.8 Å². The first-order valence-corrected chi connectivity index (χ1v) is 3.40. The van der Waals surface area contributed by atoms with Crippen LogP contribution in [0.5, 0.6) is 0 Å². The van der Waals surface area contributed by atoms with E-state index < -0.39 is 7.12 Å². The van der Waals surface area contributed by atoms with Crippen LogP contribution in [0, 0.1) is 0 Å². The highest BCUT2D eigenvalue weighted by molar-refractivity contribution is 6.48. The molecule has 0 radical (unpaired) electrons. The van der Waals surface area contributed by atoms with Crippen LogP contribution in [0.25, 0.3) is 0 Å². The number of aliphatic hydroxyl groups excluding tert-OH is 1. The lowest BCUT2D eigenvalue weighted by Crippen LogP contribution is -2.18. The van der Waals surface area contributed by atoms with Crippen molar-refractivity contribution >= 4 is 7.12 Å². The van der Waals surface area contributed by atoms with Crippen LogP contribution in [0.2, 0.25) is 5.82 Å². The minimum atomic E-state index is -0.836. The normalized spacial score (nSPS) is 27.4. The summed E-state index contributed by atoms with van der Waals surface area (Å²) in [4.78, 5) is 0. The quantitative estimate of drug-likeness (QED) is 0.501. The van der Waals surface area contributed by atoms with Crippen LogP contribution in [0.15, 0.2) is 35.8 Å². The Kier molecular flexibility index (Phi) is 1.29. The van der Waals surface area contributed by atoms with Gasteiger partial charge in [0.1, 0.15) is 5.76 Å². The molecule has 56 valence electrons. The molecule has 2 aliphatic rings. The average molecular weight is 150 g/mol. The molecule has 0 saturated heterocycles. The second-order valence-electron chi connectivity index (χ2n) is 2.60. The van der Waals surface area contributed by atoms with Crippen LogP contribution in [0.4, 0.5) is 0 Å². The van der Waals surface area contributed by atoms with Crippen molar-refractivity contribution in [2.24, 2.45) is 0 Å². The maximum absolute atomic E-state index is 9.18. The Balaban J connectivity index is 2.32. The molecule has 1 heterocycles. The second-order valence-corrected chi connectivity index (χ2v) is 2.60. The predicted molar refractivity (Wildman–Crippen MR) is 40.7 cm³/mol. The number of hydrogen-bond donors (Lipinski definition) is 2. The van der Waals surface area contributed by atoms with Gasteiger partial charge in [-0.2, -0.15) is 0 Å². The molecule has 0 spiro atoms. The number of allylic oxidation sites excluding steroid dienone is 4. The van der Waals surface area contributed by atoms with E-state index in [9.17, 15) is 5.02 Å². The Hall–Kier alpha value is -1.16. The molecular formula is C7H7BO3. The highest BCUT2D eigenvalue weighted by Crippen LogP contribution is 2.33.